The van der Waals surface area contributed by atoms with Crippen molar-refractivity contribution in [1.82, 2.24) is 4.90 Å². The number of hydrogen-bond acceptors (Lipinski definition) is 3. The van der Waals surface area contributed by atoms with Gasteiger partial charge < -0.3 is 9.64 Å². The molecule has 5 atom stereocenters. The number of allylic oxidation sites excluding steroid dienone is 1. The number of nitrogens with zero attached hydrogens (tertiary/aromatic N) is 1. The number of rotatable bonds is 1. The first kappa shape index (κ1) is 21.2. The molecular formula is C21H30F3NO3. The Hall–Kier alpha value is -1.53. The Bertz CT molecular complexity index is 694. The molecule has 1 amide bonds. The lowest BCUT2D eigenvalue weighted by molar-refractivity contribution is -0.210. The molecule has 0 aromatic heterocycles. The van der Waals surface area contributed by atoms with Crippen LogP contribution in [0.3, 0.4) is 0 Å². The first-order valence-electron chi connectivity index (χ1n) is 10.0. The predicted octanol–water partition coefficient (Wildman–Crippen LogP) is 4.49. The van der Waals surface area contributed by atoms with Gasteiger partial charge in [-0.2, -0.15) is 13.2 Å². The van der Waals surface area contributed by atoms with Crippen molar-refractivity contribution < 1.29 is 27.5 Å². The van der Waals surface area contributed by atoms with Crippen molar-refractivity contribution in [3.8, 4) is 0 Å². The summed E-state index contributed by atoms with van der Waals surface area (Å²) in [4.78, 5) is 26.8. The summed E-state index contributed by atoms with van der Waals surface area (Å²) >= 11 is 0. The zero-order valence-electron chi connectivity index (χ0n) is 17.2. The Kier molecular flexibility index (Phi) is 5.12. The molecule has 7 heteroatoms. The largest absolute Gasteiger partial charge is 0.460 e. The van der Waals surface area contributed by atoms with E-state index in [-0.39, 0.29) is 23.8 Å². The van der Waals surface area contributed by atoms with Gasteiger partial charge in [0.2, 0.25) is 5.91 Å². The van der Waals surface area contributed by atoms with Crippen molar-refractivity contribution in [2.24, 2.45) is 23.2 Å². The number of esters is 1. The van der Waals surface area contributed by atoms with E-state index in [4.69, 9.17) is 4.74 Å². The van der Waals surface area contributed by atoms with Crippen LogP contribution in [0.4, 0.5) is 13.2 Å². The third-order valence-corrected chi connectivity index (χ3v) is 6.82. The molecule has 2 fully saturated rings. The van der Waals surface area contributed by atoms with E-state index in [1.54, 1.807) is 38.8 Å². The van der Waals surface area contributed by atoms with Gasteiger partial charge in [0.15, 0.2) is 0 Å². The Morgan fingerprint density at radius 3 is 2.46 bits per heavy atom. The van der Waals surface area contributed by atoms with Crippen LogP contribution in [0.2, 0.25) is 0 Å². The van der Waals surface area contributed by atoms with Crippen LogP contribution >= 0.6 is 0 Å². The number of carbonyl (C=O) groups is 2. The van der Waals surface area contributed by atoms with Crippen LogP contribution in [0.15, 0.2) is 11.6 Å². The molecule has 28 heavy (non-hydrogen) atoms. The minimum atomic E-state index is -4.46. The van der Waals surface area contributed by atoms with Crippen LogP contribution in [0.25, 0.3) is 0 Å². The van der Waals surface area contributed by atoms with E-state index in [1.165, 1.54) is 0 Å². The van der Waals surface area contributed by atoms with Crippen LogP contribution in [0, 0.1) is 23.2 Å². The highest BCUT2D eigenvalue weighted by Gasteiger charge is 2.59. The molecule has 0 radical (unpaired) electrons. The van der Waals surface area contributed by atoms with E-state index in [0.717, 1.165) is 5.57 Å². The number of likely N-dealkylation sites (tertiary alicyclic amines) is 1. The van der Waals surface area contributed by atoms with Crippen LogP contribution in [0.5, 0.6) is 0 Å². The minimum absolute atomic E-state index is 0.0297. The molecule has 0 spiro atoms. The summed E-state index contributed by atoms with van der Waals surface area (Å²) in [5, 5.41) is 0. The summed E-state index contributed by atoms with van der Waals surface area (Å²) in [6, 6.07) is -0.0297. The third kappa shape index (κ3) is 3.57. The zero-order chi connectivity index (χ0) is 21.1. The van der Waals surface area contributed by atoms with Crippen molar-refractivity contribution in [2.75, 3.05) is 7.05 Å². The lowest BCUT2D eigenvalue weighted by Gasteiger charge is -2.56. The van der Waals surface area contributed by atoms with Gasteiger partial charge in [0.1, 0.15) is 5.60 Å². The summed E-state index contributed by atoms with van der Waals surface area (Å²) < 4.78 is 46.8. The number of piperidine rings is 1. The summed E-state index contributed by atoms with van der Waals surface area (Å²) in [5.41, 5.74) is -0.310. The van der Waals surface area contributed by atoms with Gasteiger partial charge >= 0.3 is 12.1 Å². The average Bonchev–Trinajstić information content (AvgIpc) is 2.55. The number of hydrogen-bond donors (Lipinski definition) is 0. The van der Waals surface area contributed by atoms with Crippen molar-refractivity contribution in [3.05, 3.63) is 11.6 Å². The maximum Gasteiger partial charge on any atom is 0.392 e. The monoisotopic (exact) mass is 401 g/mol. The van der Waals surface area contributed by atoms with Gasteiger partial charge in [-0.1, -0.05) is 18.6 Å². The zero-order valence-corrected chi connectivity index (χ0v) is 17.2. The molecule has 1 saturated carbocycles. The summed E-state index contributed by atoms with van der Waals surface area (Å²) in [6.45, 7) is 7.06. The van der Waals surface area contributed by atoms with Gasteiger partial charge in [-0.3, -0.25) is 9.59 Å². The molecule has 2 unspecified atom stereocenters. The standard InChI is InChI=1S/C21H30F3NO3/c1-19(2,3)28-18(27)17-12-6-9-15-20(4,11-10-16(26)25(15)5)13(12)7-8-14(17)21(22,23)24/h7,12,14-15,17H,6,8-11H2,1-5H3/t12-,14?,15-,17?,20-/m1/s1. The highest BCUT2D eigenvalue weighted by molar-refractivity contribution is 5.78. The van der Waals surface area contributed by atoms with Crippen LogP contribution < -0.4 is 0 Å². The van der Waals surface area contributed by atoms with Crippen molar-refractivity contribution in [2.45, 2.75) is 77.6 Å². The smallest absolute Gasteiger partial charge is 0.392 e. The van der Waals surface area contributed by atoms with Crippen LogP contribution in [-0.4, -0.2) is 41.6 Å². The highest BCUT2D eigenvalue weighted by Crippen LogP contribution is 2.58. The lowest BCUT2D eigenvalue weighted by Crippen LogP contribution is -2.58. The molecular weight excluding hydrogens is 371 g/mol. The van der Waals surface area contributed by atoms with Gasteiger partial charge in [-0.15, -0.1) is 0 Å². The highest BCUT2D eigenvalue weighted by atomic mass is 19.4. The van der Waals surface area contributed by atoms with Gasteiger partial charge in [0, 0.05) is 24.9 Å². The lowest BCUT2D eigenvalue weighted by atomic mass is 9.54. The van der Waals surface area contributed by atoms with E-state index in [0.29, 0.717) is 25.7 Å². The number of fused-ring (bicyclic) bond motifs is 3. The van der Waals surface area contributed by atoms with Crippen molar-refractivity contribution >= 4 is 11.9 Å². The molecule has 1 heterocycles. The maximum absolute atomic E-state index is 13.8. The molecule has 4 nitrogen and oxygen atoms in total. The first-order chi connectivity index (χ1) is 12.8. The Balaban J connectivity index is 2.00. The third-order valence-electron chi connectivity index (χ3n) is 6.82. The normalized spacial score (nSPS) is 36.4. The SMILES string of the molecule is CN1C(=O)CC[C@]2(C)C3=CCC(C(F)(F)F)C(C(=O)OC(C)(C)C)[C@@H]3CC[C@@H]12. The summed E-state index contributed by atoms with van der Waals surface area (Å²) in [7, 11) is 1.78. The predicted molar refractivity (Wildman–Crippen MR) is 98.2 cm³/mol. The molecule has 1 aliphatic heterocycles. The molecule has 0 aromatic rings. The van der Waals surface area contributed by atoms with Crippen LogP contribution in [-0.2, 0) is 14.3 Å². The second-order valence-electron chi connectivity index (χ2n) is 9.72. The second kappa shape index (κ2) is 6.77. The Labute approximate surface area is 164 Å². The van der Waals surface area contributed by atoms with Crippen molar-refractivity contribution in [3.63, 3.8) is 0 Å². The van der Waals surface area contributed by atoms with Crippen LogP contribution in [0.1, 0.15) is 59.8 Å². The van der Waals surface area contributed by atoms with E-state index in [1.807, 2.05) is 6.92 Å². The molecule has 0 N–H and O–H groups in total. The molecule has 3 aliphatic rings. The van der Waals surface area contributed by atoms with Gasteiger partial charge in [-0.25, -0.2) is 0 Å². The Morgan fingerprint density at radius 2 is 1.89 bits per heavy atom. The fourth-order valence-corrected chi connectivity index (χ4v) is 5.55. The molecule has 2 aliphatic carbocycles. The second-order valence-corrected chi connectivity index (χ2v) is 9.72. The summed E-state index contributed by atoms with van der Waals surface area (Å²) in [6.07, 6.45) is -0.904. The van der Waals surface area contributed by atoms with E-state index in [9.17, 15) is 22.8 Å². The number of alkyl halides is 3. The first-order valence-corrected chi connectivity index (χ1v) is 10.0. The van der Waals surface area contributed by atoms with E-state index < -0.39 is 35.5 Å². The van der Waals surface area contributed by atoms with E-state index >= 15 is 0 Å². The van der Waals surface area contributed by atoms with Gasteiger partial charge in [-0.05, 0) is 52.4 Å². The number of carbonyl (C=O) groups excluding carboxylic acids is 2. The number of amides is 1. The van der Waals surface area contributed by atoms with Crippen molar-refractivity contribution in [1.29, 1.82) is 0 Å². The fraction of sp³-hybridized carbons (Fsp3) is 0.810. The quantitative estimate of drug-likeness (QED) is 0.480. The fourth-order valence-electron chi connectivity index (χ4n) is 5.55. The molecule has 158 valence electrons. The Morgan fingerprint density at radius 1 is 1.25 bits per heavy atom. The number of ether oxygens (including phenoxy) is 1. The minimum Gasteiger partial charge on any atom is -0.460 e. The summed E-state index contributed by atoms with van der Waals surface area (Å²) in [5.74, 6) is -4.11. The maximum atomic E-state index is 13.8. The number of halogens is 3. The molecule has 1 saturated heterocycles. The van der Waals surface area contributed by atoms with Gasteiger partial charge in [0.05, 0.1) is 11.8 Å². The molecule has 3 rings (SSSR count). The topological polar surface area (TPSA) is 46.6 Å². The van der Waals surface area contributed by atoms with E-state index in [2.05, 4.69) is 0 Å². The van der Waals surface area contributed by atoms with Gasteiger partial charge in [0.25, 0.3) is 0 Å². The molecule has 0 aromatic carbocycles. The average molecular weight is 401 g/mol. The molecule has 0 bridgehead atoms.